The van der Waals surface area contributed by atoms with Crippen LogP contribution in [0.5, 0.6) is 11.5 Å². The van der Waals surface area contributed by atoms with Crippen LogP contribution in [0.2, 0.25) is 0 Å². The highest BCUT2D eigenvalue weighted by Crippen LogP contribution is 2.33. The maximum atomic E-state index is 13.5. The van der Waals surface area contributed by atoms with Gasteiger partial charge in [0, 0.05) is 29.9 Å². The van der Waals surface area contributed by atoms with E-state index < -0.39 is 5.82 Å². The van der Waals surface area contributed by atoms with Crippen LogP contribution in [0, 0.1) is 11.2 Å². The van der Waals surface area contributed by atoms with Gasteiger partial charge in [-0.25, -0.2) is 4.39 Å². The number of hydrogen-bond acceptors (Lipinski definition) is 5. The van der Waals surface area contributed by atoms with Gasteiger partial charge < -0.3 is 25.4 Å². The average molecular weight is 478 g/mol. The van der Waals surface area contributed by atoms with E-state index in [0.29, 0.717) is 47.9 Å². The number of ether oxygens (including phenoxy) is 2. The zero-order valence-electron chi connectivity index (χ0n) is 19.7. The summed E-state index contributed by atoms with van der Waals surface area (Å²) in [5.41, 5.74) is 7.90. The molecule has 3 aromatic rings. The number of nitrogens with one attached hydrogen (secondary N) is 1. The summed E-state index contributed by atoms with van der Waals surface area (Å²) in [7, 11) is 0. The summed E-state index contributed by atoms with van der Waals surface area (Å²) in [4.78, 5) is 27.8. The number of anilines is 1. The van der Waals surface area contributed by atoms with Crippen molar-refractivity contribution < 1.29 is 23.5 Å². The minimum Gasteiger partial charge on any atom is -0.454 e. The van der Waals surface area contributed by atoms with Gasteiger partial charge in [-0.1, -0.05) is 26.0 Å². The Hall–Kier alpha value is -3.91. The smallest absolute Gasteiger partial charge is 0.255 e. The molecule has 35 heavy (non-hydrogen) atoms. The van der Waals surface area contributed by atoms with Crippen LogP contribution < -0.4 is 20.5 Å². The molecule has 0 saturated carbocycles. The molecule has 1 aliphatic rings. The van der Waals surface area contributed by atoms with Crippen LogP contribution in [0.25, 0.3) is 0 Å². The number of carbonyl (C=O) groups is 2. The number of fused-ring (bicyclic) bond motifs is 1. The number of rotatable bonds is 8. The molecule has 1 heterocycles. The van der Waals surface area contributed by atoms with Gasteiger partial charge in [-0.15, -0.1) is 0 Å². The first-order valence-corrected chi connectivity index (χ1v) is 11.3. The van der Waals surface area contributed by atoms with E-state index in [1.54, 1.807) is 29.2 Å². The predicted octanol–water partition coefficient (Wildman–Crippen LogP) is 4.43. The Kier molecular flexibility index (Phi) is 7.02. The Balaban J connectivity index is 1.54. The van der Waals surface area contributed by atoms with E-state index >= 15 is 0 Å². The maximum absolute atomic E-state index is 13.5. The topological polar surface area (TPSA) is 93.9 Å². The third kappa shape index (κ3) is 5.96. The van der Waals surface area contributed by atoms with Crippen LogP contribution >= 0.6 is 0 Å². The highest BCUT2D eigenvalue weighted by Gasteiger charge is 2.26. The molecule has 0 atom stereocenters. The zero-order chi connectivity index (χ0) is 25.0. The van der Waals surface area contributed by atoms with Crippen molar-refractivity contribution in [2.24, 2.45) is 11.1 Å². The largest absolute Gasteiger partial charge is 0.454 e. The fourth-order valence-corrected chi connectivity index (χ4v) is 3.77. The third-order valence-electron chi connectivity index (χ3n) is 5.74. The summed E-state index contributed by atoms with van der Waals surface area (Å²) in [6, 6.07) is 17.8. The molecular weight excluding hydrogens is 449 g/mol. The Bertz CT molecular complexity index is 1230. The standard InChI is InChI=1S/C27H28FN3O4/c1-27(2,15-29)16-31(26(33)20-8-11-23-24(13-20)35-17-34-23)14-18-4-3-5-22(12-18)30-25(32)19-6-9-21(28)10-7-19/h3-13H,14-17,29H2,1-2H3,(H,30,32). The van der Waals surface area contributed by atoms with Crippen LogP contribution in [0.15, 0.2) is 66.7 Å². The summed E-state index contributed by atoms with van der Waals surface area (Å²) < 4.78 is 23.9. The Morgan fingerprint density at radius 1 is 1.00 bits per heavy atom. The normalized spacial score (nSPS) is 12.3. The van der Waals surface area contributed by atoms with Gasteiger partial charge in [0.2, 0.25) is 6.79 Å². The molecule has 4 rings (SSSR count). The van der Waals surface area contributed by atoms with E-state index in [1.807, 2.05) is 32.0 Å². The van der Waals surface area contributed by atoms with Crippen molar-refractivity contribution in [3.8, 4) is 11.5 Å². The maximum Gasteiger partial charge on any atom is 0.255 e. The third-order valence-corrected chi connectivity index (χ3v) is 5.74. The first-order valence-electron chi connectivity index (χ1n) is 11.3. The molecule has 0 radical (unpaired) electrons. The van der Waals surface area contributed by atoms with E-state index in [4.69, 9.17) is 15.2 Å². The van der Waals surface area contributed by atoms with Gasteiger partial charge in [0.15, 0.2) is 11.5 Å². The van der Waals surface area contributed by atoms with Gasteiger partial charge in [-0.2, -0.15) is 0 Å². The van der Waals surface area contributed by atoms with Crippen LogP contribution in [0.1, 0.15) is 40.1 Å². The molecule has 2 amide bonds. The van der Waals surface area contributed by atoms with Crippen LogP contribution in [-0.2, 0) is 6.54 Å². The molecular formula is C27H28FN3O4. The Labute approximate surface area is 203 Å². The van der Waals surface area contributed by atoms with Crippen molar-refractivity contribution in [1.82, 2.24) is 4.90 Å². The molecule has 0 aromatic heterocycles. The highest BCUT2D eigenvalue weighted by molar-refractivity contribution is 6.04. The second kappa shape index (κ2) is 10.1. The number of hydrogen-bond donors (Lipinski definition) is 2. The molecule has 182 valence electrons. The second-order valence-corrected chi connectivity index (χ2v) is 9.26. The van der Waals surface area contributed by atoms with Crippen molar-refractivity contribution in [3.05, 3.63) is 89.2 Å². The fourth-order valence-electron chi connectivity index (χ4n) is 3.77. The molecule has 3 aromatic carbocycles. The molecule has 0 fully saturated rings. The van der Waals surface area contributed by atoms with E-state index in [0.717, 1.165) is 5.56 Å². The van der Waals surface area contributed by atoms with Gasteiger partial charge >= 0.3 is 0 Å². The summed E-state index contributed by atoms with van der Waals surface area (Å²) in [6.07, 6.45) is 0. The molecule has 1 aliphatic heterocycles. The molecule has 0 saturated heterocycles. The number of halogens is 1. The molecule has 7 nitrogen and oxygen atoms in total. The quantitative estimate of drug-likeness (QED) is 0.501. The lowest BCUT2D eigenvalue weighted by Crippen LogP contribution is -2.41. The van der Waals surface area contributed by atoms with Crippen molar-refractivity contribution in [2.75, 3.05) is 25.2 Å². The number of nitrogens with zero attached hydrogens (tertiary/aromatic N) is 1. The number of benzene rings is 3. The number of amides is 2. The summed E-state index contributed by atoms with van der Waals surface area (Å²) in [5, 5.41) is 2.82. The van der Waals surface area contributed by atoms with Crippen molar-refractivity contribution in [2.45, 2.75) is 20.4 Å². The highest BCUT2D eigenvalue weighted by atomic mass is 19.1. The summed E-state index contributed by atoms with van der Waals surface area (Å²) >= 11 is 0. The lowest BCUT2D eigenvalue weighted by Gasteiger charge is -2.32. The molecule has 0 aliphatic carbocycles. The van der Waals surface area contributed by atoms with Gasteiger partial charge in [-0.3, -0.25) is 9.59 Å². The number of carbonyl (C=O) groups excluding carboxylic acids is 2. The van der Waals surface area contributed by atoms with Crippen LogP contribution in [-0.4, -0.2) is 36.6 Å². The molecule has 0 unspecified atom stereocenters. The predicted molar refractivity (Wildman–Crippen MR) is 131 cm³/mol. The monoisotopic (exact) mass is 477 g/mol. The molecule has 0 spiro atoms. The van der Waals surface area contributed by atoms with Gasteiger partial charge in [-0.05, 0) is 72.1 Å². The van der Waals surface area contributed by atoms with Gasteiger partial charge in [0.1, 0.15) is 5.82 Å². The lowest BCUT2D eigenvalue weighted by molar-refractivity contribution is 0.0672. The van der Waals surface area contributed by atoms with Crippen molar-refractivity contribution in [1.29, 1.82) is 0 Å². The molecule has 0 bridgehead atoms. The average Bonchev–Trinajstić information content (AvgIpc) is 3.32. The summed E-state index contributed by atoms with van der Waals surface area (Å²) in [5.74, 6) is 0.237. The van der Waals surface area contributed by atoms with Gasteiger partial charge in [0.25, 0.3) is 11.8 Å². The summed E-state index contributed by atoms with van der Waals surface area (Å²) in [6.45, 7) is 5.30. The first kappa shape index (κ1) is 24.2. The first-order chi connectivity index (χ1) is 16.7. The van der Waals surface area contributed by atoms with E-state index in [2.05, 4.69) is 5.32 Å². The minimum atomic E-state index is -0.406. The molecule has 8 heteroatoms. The molecule has 3 N–H and O–H groups in total. The Morgan fingerprint density at radius 3 is 2.46 bits per heavy atom. The number of nitrogens with two attached hydrogens (primary N) is 1. The fraction of sp³-hybridized carbons (Fsp3) is 0.259. The van der Waals surface area contributed by atoms with E-state index in [9.17, 15) is 14.0 Å². The van der Waals surface area contributed by atoms with E-state index in [-0.39, 0.29) is 24.0 Å². The second-order valence-electron chi connectivity index (χ2n) is 9.26. The van der Waals surface area contributed by atoms with E-state index in [1.165, 1.54) is 24.3 Å². The SMILES string of the molecule is CC(C)(CN)CN(Cc1cccc(NC(=O)c2ccc(F)cc2)c1)C(=O)c1ccc2c(c1)OCO2. The van der Waals surface area contributed by atoms with Crippen molar-refractivity contribution >= 4 is 17.5 Å². The van der Waals surface area contributed by atoms with Crippen LogP contribution in [0.4, 0.5) is 10.1 Å². The Morgan fingerprint density at radius 2 is 1.71 bits per heavy atom. The van der Waals surface area contributed by atoms with Crippen LogP contribution in [0.3, 0.4) is 0 Å². The van der Waals surface area contributed by atoms with Crippen molar-refractivity contribution in [3.63, 3.8) is 0 Å². The minimum absolute atomic E-state index is 0.132. The lowest BCUT2D eigenvalue weighted by atomic mass is 9.92. The zero-order valence-corrected chi connectivity index (χ0v) is 19.7. The van der Waals surface area contributed by atoms with Gasteiger partial charge in [0.05, 0.1) is 0 Å².